The van der Waals surface area contributed by atoms with E-state index in [0.717, 1.165) is 12.8 Å². The van der Waals surface area contributed by atoms with Crippen molar-refractivity contribution in [1.29, 1.82) is 0 Å². The van der Waals surface area contributed by atoms with Crippen molar-refractivity contribution in [3.8, 4) is 11.5 Å². The molecule has 0 aliphatic carbocycles. The van der Waals surface area contributed by atoms with Crippen LogP contribution < -0.4 is 14.9 Å². The number of carbonyl (C=O) groups is 1. The average Bonchev–Trinajstić information content (AvgIpc) is 3.33. The van der Waals surface area contributed by atoms with Gasteiger partial charge in [0.25, 0.3) is 0 Å². The standard InChI is InChI=1S/C25H26ClFN4O5/c1-25(2)13-31(11-23(32)35-25)36-22-10-20-17(9-21(22)34-12-16-4-3-7-33-16)24(29-14-28-20)30-15-5-6-19(27)18(26)8-15/h5-6,8-10,14,16H,3-4,7,11-13H2,1-2H3,(H,28,29,30)/t16-/m0/s1. The summed E-state index contributed by atoms with van der Waals surface area (Å²) >= 11 is 5.94. The van der Waals surface area contributed by atoms with E-state index in [1.807, 2.05) is 13.8 Å². The summed E-state index contributed by atoms with van der Waals surface area (Å²) in [5, 5.41) is 5.37. The van der Waals surface area contributed by atoms with Crippen LogP contribution in [0.2, 0.25) is 5.02 Å². The first-order chi connectivity index (χ1) is 17.3. The molecule has 190 valence electrons. The Kier molecular flexibility index (Phi) is 6.83. The zero-order valence-electron chi connectivity index (χ0n) is 19.9. The number of cyclic esters (lactones) is 1. The maximum atomic E-state index is 13.6. The zero-order valence-corrected chi connectivity index (χ0v) is 20.7. The van der Waals surface area contributed by atoms with Crippen molar-refractivity contribution < 1.29 is 28.2 Å². The Labute approximate surface area is 212 Å². The third-order valence-corrected chi connectivity index (χ3v) is 6.10. The fourth-order valence-electron chi connectivity index (χ4n) is 4.22. The number of hydrogen-bond donors (Lipinski definition) is 1. The normalized spacial score (nSPS) is 19.8. The highest BCUT2D eigenvalue weighted by atomic mass is 35.5. The van der Waals surface area contributed by atoms with Gasteiger partial charge < -0.3 is 24.4 Å². The minimum absolute atomic E-state index is 0.00221. The summed E-state index contributed by atoms with van der Waals surface area (Å²) < 4.78 is 30.8. The molecule has 11 heteroatoms. The third-order valence-electron chi connectivity index (χ3n) is 5.81. The van der Waals surface area contributed by atoms with E-state index in [9.17, 15) is 9.18 Å². The molecule has 0 spiro atoms. The van der Waals surface area contributed by atoms with E-state index in [1.54, 1.807) is 23.3 Å². The van der Waals surface area contributed by atoms with Gasteiger partial charge in [-0.25, -0.2) is 14.4 Å². The molecule has 2 saturated heterocycles. The van der Waals surface area contributed by atoms with Crippen LogP contribution in [0.3, 0.4) is 0 Å². The molecule has 1 N–H and O–H groups in total. The summed E-state index contributed by atoms with van der Waals surface area (Å²) in [5.74, 6) is 0.454. The van der Waals surface area contributed by atoms with Gasteiger partial charge in [-0.15, -0.1) is 5.06 Å². The minimum Gasteiger partial charge on any atom is -0.487 e. The maximum absolute atomic E-state index is 13.6. The van der Waals surface area contributed by atoms with E-state index >= 15 is 0 Å². The number of aromatic nitrogens is 2. The summed E-state index contributed by atoms with van der Waals surface area (Å²) in [4.78, 5) is 27.0. The molecule has 1 atom stereocenters. The van der Waals surface area contributed by atoms with Gasteiger partial charge >= 0.3 is 5.97 Å². The van der Waals surface area contributed by atoms with Gasteiger partial charge in [-0.1, -0.05) is 11.6 Å². The van der Waals surface area contributed by atoms with Crippen molar-refractivity contribution in [2.24, 2.45) is 0 Å². The number of anilines is 2. The molecule has 0 bridgehead atoms. The molecule has 3 aromatic rings. The van der Waals surface area contributed by atoms with E-state index in [1.165, 1.54) is 18.5 Å². The van der Waals surface area contributed by atoms with Crippen LogP contribution in [-0.2, 0) is 14.3 Å². The van der Waals surface area contributed by atoms with Crippen LogP contribution in [0.15, 0.2) is 36.7 Å². The first kappa shape index (κ1) is 24.5. The molecule has 0 saturated carbocycles. The number of nitrogens with zero attached hydrogens (tertiary/aromatic N) is 3. The lowest BCUT2D eigenvalue weighted by Crippen LogP contribution is -2.52. The Morgan fingerprint density at radius 3 is 2.86 bits per heavy atom. The Morgan fingerprint density at radius 1 is 1.25 bits per heavy atom. The number of carbonyl (C=O) groups excluding carboxylic acids is 1. The largest absolute Gasteiger partial charge is 0.487 e. The highest BCUT2D eigenvalue weighted by molar-refractivity contribution is 6.31. The van der Waals surface area contributed by atoms with Crippen molar-refractivity contribution in [2.75, 3.05) is 31.6 Å². The quantitative estimate of drug-likeness (QED) is 0.450. The second-order valence-corrected chi connectivity index (χ2v) is 9.77. The molecule has 3 heterocycles. The van der Waals surface area contributed by atoms with Gasteiger partial charge in [0.2, 0.25) is 0 Å². The van der Waals surface area contributed by atoms with Gasteiger partial charge in [-0.2, -0.15) is 0 Å². The van der Waals surface area contributed by atoms with Gasteiger partial charge in [0.05, 0.1) is 23.2 Å². The number of fused-ring (bicyclic) bond motifs is 1. The maximum Gasteiger partial charge on any atom is 0.324 e. The molecule has 0 radical (unpaired) electrons. The topological polar surface area (TPSA) is 95.0 Å². The molecule has 2 aliphatic rings. The van der Waals surface area contributed by atoms with E-state index in [-0.39, 0.29) is 23.6 Å². The predicted molar refractivity (Wildman–Crippen MR) is 131 cm³/mol. The smallest absolute Gasteiger partial charge is 0.324 e. The second-order valence-electron chi connectivity index (χ2n) is 9.36. The number of hydrogen-bond acceptors (Lipinski definition) is 9. The second kappa shape index (κ2) is 10.0. The molecule has 2 fully saturated rings. The minimum atomic E-state index is -0.694. The summed E-state index contributed by atoms with van der Waals surface area (Å²) in [6, 6.07) is 7.84. The number of ether oxygens (including phenoxy) is 3. The van der Waals surface area contributed by atoms with Crippen LogP contribution in [0.4, 0.5) is 15.9 Å². The lowest BCUT2D eigenvalue weighted by Gasteiger charge is -2.36. The monoisotopic (exact) mass is 516 g/mol. The summed E-state index contributed by atoms with van der Waals surface area (Å²) in [7, 11) is 0. The van der Waals surface area contributed by atoms with Crippen LogP contribution in [0.5, 0.6) is 11.5 Å². The number of rotatable bonds is 7. The summed E-state index contributed by atoms with van der Waals surface area (Å²) in [5.41, 5.74) is 0.456. The van der Waals surface area contributed by atoms with Crippen molar-refractivity contribution >= 4 is 40.0 Å². The van der Waals surface area contributed by atoms with Gasteiger partial charge in [0.1, 0.15) is 36.7 Å². The highest BCUT2D eigenvalue weighted by Gasteiger charge is 2.35. The predicted octanol–water partition coefficient (Wildman–Crippen LogP) is 4.65. The number of morpholine rings is 1. The lowest BCUT2D eigenvalue weighted by atomic mass is 10.1. The summed E-state index contributed by atoms with van der Waals surface area (Å²) in [6.07, 6.45) is 3.30. The molecule has 1 aromatic heterocycles. The Morgan fingerprint density at radius 2 is 2.11 bits per heavy atom. The SMILES string of the molecule is CC1(C)CN(Oc2cc3ncnc(Nc4ccc(F)c(Cl)c4)c3cc2OC[C@@H]2CCCO2)CC(=O)O1. The molecular weight excluding hydrogens is 491 g/mol. The molecule has 36 heavy (non-hydrogen) atoms. The molecular formula is C25H26ClFN4O5. The number of nitrogens with one attached hydrogen (secondary N) is 1. The van der Waals surface area contributed by atoms with Crippen LogP contribution >= 0.6 is 11.6 Å². The third kappa shape index (κ3) is 5.61. The Hall–Kier alpha value is -3.21. The summed E-state index contributed by atoms with van der Waals surface area (Å²) in [6.45, 7) is 5.06. The first-order valence-corrected chi connectivity index (χ1v) is 12.0. The van der Waals surface area contributed by atoms with E-state index in [4.69, 9.17) is 30.6 Å². The fraction of sp³-hybridized carbons (Fsp3) is 0.400. The fourth-order valence-corrected chi connectivity index (χ4v) is 4.40. The molecule has 9 nitrogen and oxygen atoms in total. The average molecular weight is 517 g/mol. The molecule has 2 aromatic carbocycles. The van der Waals surface area contributed by atoms with Crippen molar-refractivity contribution in [3.63, 3.8) is 0 Å². The molecule has 2 aliphatic heterocycles. The molecule has 5 rings (SSSR count). The van der Waals surface area contributed by atoms with Gasteiger partial charge in [-0.3, -0.25) is 4.79 Å². The molecule has 0 unspecified atom stereocenters. The van der Waals surface area contributed by atoms with Gasteiger partial charge in [0.15, 0.2) is 11.5 Å². The molecule has 0 amide bonds. The van der Waals surface area contributed by atoms with Crippen molar-refractivity contribution in [2.45, 2.75) is 38.4 Å². The number of benzene rings is 2. The van der Waals surface area contributed by atoms with Crippen molar-refractivity contribution in [3.05, 3.63) is 47.5 Å². The number of halogens is 2. The van der Waals surface area contributed by atoms with E-state index in [2.05, 4.69) is 15.3 Å². The lowest BCUT2D eigenvalue weighted by molar-refractivity contribution is -0.196. The Balaban J connectivity index is 1.48. The number of hydroxylamine groups is 2. The van der Waals surface area contributed by atoms with E-state index < -0.39 is 11.4 Å². The van der Waals surface area contributed by atoms with Crippen LogP contribution in [0.25, 0.3) is 10.9 Å². The van der Waals surface area contributed by atoms with Crippen LogP contribution in [0.1, 0.15) is 26.7 Å². The van der Waals surface area contributed by atoms with Gasteiger partial charge in [0, 0.05) is 23.7 Å². The van der Waals surface area contributed by atoms with Crippen molar-refractivity contribution in [1.82, 2.24) is 15.0 Å². The number of esters is 1. The van der Waals surface area contributed by atoms with E-state index in [0.29, 0.717) is 53.7 Å². The van der Waals surface area contributed by atoms with Crippen LogP contribution in [0, 0.1) is 5.82 Å². The van der Waals surface area contributed by atoms with Crippen LogP contribution in [-0.4, -0.2) is 59.0 Å². The zero-order chi connectivity index (χ0) is 25.3. The first-order valence-electron chi connectivity index (χ1n) is 11.7. The highest BCUT2D eigenvalue weighted by Crippen LogP contribution is 2.37. The van der Waals surface area contributed by atoms with Gasteiger partial charge in [-0.05, 0) is 51.0 Å². The Bertz CT molecular complexity index is 1280.